The highest BCUT2D eigenvalue weighted by atomic mass is 16.3. The molecule has 254 valence electrons. The van der Waals surface area contributed by atoms with E-state index in [9.17, 15) is 0 Å². The minimum absolute atomic E-state index is 0.883. The Morgan fingerprint density at radius 2 is 0.815 bits per heavy atom. The van der Waals surface area contributed by atoms with Gasteiger partial charge >= 0.3 is 0 Å². The molecule has 54 heavy (non-hydrogen) atoms. The van der Waals surface area contributed by atoms with Crippen molar-refractivity contribution in [3.05, 3.63) is 212 Å². The molecule has 0 saturated carbocycles. The Labute approximate surface area is 314 Å². The number of anilines is 3. The van der Waals surface area contributed by atoms with Crippen molar-refractivity contribution in [2.75, 3.05) is 4.90 Å². The van der Waals surface area contributed by atoms with Crippen molar-refractivity contribution in [2.45, 2.75) is 0 Å². The third-order valence-corrected chi connectivity index (χ3v) is 10.5. The summed E-state index contributed by atoms with van der Waals surface area (Å²) < 4.78 is 6.83. The lowest BCUT2D eigenvalue weighted by atomic mass is 9.92. The van der Waals surface area contributed by atoms with Crippen LogP contribution in [0.25, 0.3) is 77.2 Å². The molecule has 0 aliphatic carbocycles. The standard InChI is InChI=1S/C52H35NO/c1-4-13-36(14-5-1)38-23-25-41(26-24-38)50-47-20-11-10-17-42(47)35-48-51-46(21-12-22-49(51)54-52(48)50)40-29-33-45(34-30-40)53(43-18-8-3-9-19-43)44-31-27-39(28-32-44)37-15-6-2-7-16-37/h1-35H. The van der Waals surface area contributed by atoms with E-state index in [4.69, 9.17) is 4.42 Å². The number of para-hydroxylation sites is 1. The molecule has 0 N–H and O–H groups in total. The maximum absolute atomic E-state index is 6.83. The van der Waals surface area contributed by atoms with Gasteiger partial charge in [0.1, 0.15) is 11.2 Å². The second kappa shape index (κ2) is 13.4. The normalized spacial score (nSPS) is 11.3. The lowest BCUT2D eigenvalue weighted by Gasteiger charge is -2.26. The molecule has 1 heterocycles. The van der Waals surface area contributed by atoms with E-state index >= 15 is 0 Å². The molecule has 0 fully saturated rings. The summed E-state index contributed by atoms with van der Waals surface area (Å²) in [4.78, 5) is 2.31. The molecule has 2 nitrogen and oxygen atoms in total. The molecule has 10 rings (SSSR count). The Hall–Kier alpha value is -7.16. The first-order valence-corrected chi connectivity index (χ1v) is 18.4. The fourth-order valence-electron chi connectivity index (χ4n) is 7.86. The van der Waals surface area contributed by atoms with E-state index in [1.807, 2.05) is 0 Å². The van der Waals surface area contributed by atoms with E-state index < -0.39 is 0 Å². The van der Waals surface area contributed by atoms with Gasteiger partial charge in [0.15, 0.2) is 0 Å². The zero-order valence-corrected chi connectivity index (χ0v) is 29.6. The van der Waals surface area contributed by atoms with E-state index in [1.165, 1.54) is 33.0 Å². The Bertz CT molecular complexity index is 2880. The van der Waals surface area contributed by atoms with Gasteiger partial charge in [-0.2, -0.15) is 0 Å². The maximum atomic E-state index is 6.83. The molecule has 0 amide bonds. The van der Waals surface area contributed by atoms with Gasteiger partial charge in [-0.3, -0.25) is 0 Å². The molecule has 0 spiro atoms. The second-order valence-corrected chi connectivity index (χ2v) is 13.7. The Morgan fingerprint density at radius 3 is 1.44 bits per heavy atom. The Kier molecular flexibility index (Phi) is 7.85. The van der Waals surface area contributed by atoms with Gasteiger partial charge in [-0.05, 0) is 98.2 Å². The molecular formula is C52H35NO. The number of hydrogen-bond acceptors (Lipinski definition) is 2. The fraction of sp³-hybridized carbons (Fsp3) is 0. The molecule has 0 aliphatic heterocycles. The number of furan rings is 1. The van der Waals surface area contributed by atoms with Crippen LogP contribution in [0, 0.1) is 0 Å². The lowest BCUT2D eigenvalue weighted by Crippen LogP contribution is -2.09. The molecule has 9 aromatic carbocycles. The average Bonchev–Trinajstić information content (AvgIpc) is 3.63. The van der Waals surface area contributed by atoms with Crippen LogP contribution in [-0.4, -0.2) is 0 Å². The third kappa shape index (κ3) is 5.62. The highest BCUT2D eigenvalue weighted by molar-refractivity contribution is 6.21. The highest BCUT2D eigenvalue weighted by Gasteiger charge is 2.20. The zero-order chi connectivity index (χ0) is 35.8. The summed E-state index contributed by atoms with van der Waals surface area (Å²) in [5.74, 6) is 0. The minimum atomic E-state index is 0.883. The predicted molar refractivity (Wildman–Crippen MR) is 228 cm³/mol. The van der Waals surface area contributed by atoms with E-state index in [0.717, 1.165) is 61.3 Å². The van der Waals surface area contributed by atoms with Crippen LogP contribution in [0.15, 0.2) is 217 Å². The lowest BCUT2D eigenvalue weighted by molar-refractivity contribution is 0.670. The van der Waals surface area contributed by atoms with Gasteiger partial charge in [0.2, 0.25) is 0 Å². The number of hydrogen-bond donors (Lipinski definition) is 0. The zero-order valence-electron chi connectivity index (χ0n) is 29.6. The highest BCUT2D eigenvalue weighted by Crippen LogP contribution is 2.45. The van der Waals surface area contributed by atoms with Crippen molar-refractivity contribution in [1.82, 2.24) is 0 Å². The van der Waals surface area contributed by atoms with Gasteiger partial charge in [-0.15, -0.1) is 0 Å². The molecule has 2 heteroatoms. The van der Waals surface area contributed by atoms with Crippen molar-refractivity contribution < 1.29 is 4.42 Å². The minimum Gasteiger partial charge on any atom is -0.455 e. The van der Waals surface area contributed by atoms with E-state index in [2.05, 4.69) is 217 Å². The number of benzene rings is 9. The van der Waals surface area contributed by atoms with Gasteiger partial charge < -0.3 is 9.32 Å². The van der Waals surface area contributed by atoms with Crippen LogP contribution in [0.5, 0.6) is 0 Å². The number of rotatable bonds is 7. The summed E-state index contributed by atoms with van der Waals surface area (Å²) in [5.41, 5.74) is 14.5. The average molecular weight is 690 g/mol. The SMILES string of the molecule is c1ccc(-c2ccc(-c3c4ccccc4cc4c3oc3cccc(-c5ccc(N(c6ccccc6)c6ccc(-c7ccccc7)cc6)cc5)c34)cc2)cc1. The van der Waals surface area contributed by atoms with Crippen molar-refractivity contribution in [3.8, 4) is 44.5 Å². The van der Waals surface area contributed by atoms with Gasteiger partial charge in [0, 0.05) is 33.4 Å². The maximum Gasteiger partial charge on any atom is 0.143 e. The molecule has 0 aliphatic rings. The van der Waals surface area contributed by atoms with Crippen LogP contribution in [-0.2, 0) is 0 Å². The van der Waals surface area contributed by atoms with Gasteiger partial charge in [-0.25, -0.2) is 0 Å². The van der Waals surface area contributed by atoms with Crippen LogP contribution in [0.1, 0.15) is 0 Å². The molecule has 0 saturated heterocycles. The molecule has 0 unspecified atom stereocenters. The van der Waals surface area contributed by atoms with Crippen LogP contribution in [0.2, 0.25) is 0 Å². The summed E-state index contributed by atoms with van der Waals surface area (Å²) in [6, 6.07) is 75.6. The van der Waals surface area contributed by atoms with Crippen molar-refractivity contribution in [2.24, 2.45) is 0 Å². The Balaban J connectivity index is 1.07. The quantitative estimate of drug-likeness (QED) is 0.166. The van der Waals surface area contributed by atoms with E-state index in [0.29, 0.717) is 0 Å². The Morgan fingerprint density at radius 1 is 0.333 bits per heavy atom. The summed E-state index contributed by atoms with van der Waals surface area (Å²) in [6.07, 6.45) is 0. The summed E-state index contributed by atoms with van der Waals surface area (Å²) in [6.45, 7) is 0. The molecule has 0 radical (unpaired) electrons. The van der Waals surface area contributed by atoms with Gasteiger partial charge in [0.25, 0.3) is 0 Å². The van der Waals surface area contributed by atoms with Crippen LogP contribution >= 0.6 is 0 Å². The molecule has 10 aromatic rings. The van der Waals surface area contributed by atoms with Gasteiger partial charge in [-0.1, -0.05) is 164 Å². The first-order valence-electron chi connectivity index (χ1n) is 18.4. The fourth-order valence-corrected chi connectivity index (χ4v) is 7.86. The summed E-state index contributed by atoms with van der Waals surface area (Å²) in [5, 5.41) is 4.62. The van der Waals surface area contributed by atoms with Crippen molar-refractivity contribution >= 4 is 49.8 Å². The summed E-state index contributed by atoms with van der Waals surface area (Å²) in [7, 11) is 0. The topological polar surface area (TPSA) is 16.4 Å². The van der Waals surface area contributed by atoms with Crippen LogP contribution < -0.4 is 4.90 Å². The molecule has 1 aromatic heterocycles. The first-order chi connectivity index (χ1) is 26.8. The molecule has 0 bridgehead atoms. The number of nitrogens with zero attached hydrogens (tertiary/aromatic N) is 1. The third-order valence-electron chi connectivity index (χ3n) is 10.5. The largest absolute Gasteiger partial charge is 0.455 e. The predicted octanol–water partition coefficient (Wildman–Crippen LogP) is 14.9. The molecule has 0 atom stereocenters. The van der Waals surface area contributed by atoms with Crippen molar-refractivity contribution in [1.29, 1.82) is 0 Å². The smallest absolute Gasteiger partial charge is 0.143 e. The van der Waals surface area contributed by atoms with E-state index in [-0.39, 0.29) is 0 Å². The van der Waals surface area contributed by atoms with Crippen molar-refractivity contribution in [3.63, 3.8) is 0 Å². The van der Waals surface area contributed by atoms with Gasteiger partial charge in [0.05, 0.1) is 0 Å². The monoisotopic (exact) mass is 689 g/mol. The summed E-state index contributed by atoms with van der Waals surface area (Å²) >= 11 is 0. The van der Waals surface area contributed by atoms with E-state index in [1.54, 1.807) is 0 Å². The van der Waals surface area contributed by atoms with Crippen LogP contribution in [0.3, 0.4) is 0 Å². The molecular weight excluding hydrogens is 655 g/mol. The second-order valence-electron chi connectivity index (χ2n) is 13.7. The first kappa shape index (κ1) is 31.6. The van der Waals surface area contributed by atoms with Crippen LogP contribution in [0.4, 0.5) is 17.1 Å². The number of fused-ring (bicyclic) bond motifs is 4.